The first kappa shape index (κ1) is 18.7. The van der Waals surface area contributed by atoms with Crippen LogP contribution in [0.3, 0.4) is 0 Å². The number of thioether (sulfide) groups is 1. The second-order valence-corrected chi connectivity index (χ2v) is 7.84. The Labute approximate surface area is 170 Å². The van der Waals surface area contributed by atoms with Crippen LogP contribution in [0.2, 0.25) is 0 Å². The summed E-state index contributed by atoms with van der Waals surface area (Å²) in [6.07, 6.45) is 8.24. The molecule has 0 aromatic heterocycles. The minimum atomic E-state index is 0.0318. The molecule has 28 heavy (non-hydrogen) atoms. The maximum Gasteiger partial charge on any atom is 0.267 e. The lowest BCUT2D eigenvalue weighted by atomic mass is 10.2. The number of carbonyl (C=O) groups excluding carboxylic acids is 1. The Morgan fingerprint density at radius 3 is 2.36 bits per heavy atom. The number of amides is 1. The highest BCUT2D eigenvalue weighted by Gasteiger charge is 2.34. The molecule has 142 valence electrons. The summed E-state index contributed by atoms with van der Waals surface area (Å²) in [6, 6.07) is 19.9. The van der Waals surface area contributed by atoms with Gasteiger partial charge in [-0.15, -0.1) is 0 Å². The fraction of sp³-hybridized carbons (Fsp3) is 0.217. The number of carbonyl (C=O) groups is 1. The predicted octanol–water partition coefficient (Wildman–Crippen LogP) is 4.90. The zero-order valence-corrected chi connectivity index (χ0v) is 16.5. The largest absolute Gasteiger partial charge is 0.286 e. The molecule has 0 atom stereocenters. The Hall–Kier alpha value is -2.63. The quantitative estimate of drug-likeness (QED) is 0.683. The van der Waals surface area contributed by atoms with Crippen molar-refractivity contribution in [2.45, 2.75) is 12.8 Å². The Morgan fingerprint density at radius 2 is 1.64 bits per heavy atom. The molecule has 0 N–H and O–H groups in total. The standard InChI is InChI=1S/C23H23N3OS/c27-22-21(15-9-12-19-10-3-1-4-11-19)28-23(24-20-13-5-2-6-14-20)26(22)18-25-16-7-8-17-25/h1-6,9-15H,7-8,16-18H2. The number of hydrogen-bond acceptors (Lipinski definition) is 4. The molecule has 0 saturated carbocycles. The molecule has 0 radical (unpaired) electrons. The summed E-state index contributed by atoms with van der Waals surface area (Å²) in [5, 5.41) is 0.752. The SMILES string of the molecule is O=C1C(=CC=Cc2ccccc2)SC(=Nc2ccccc2)N1CN1CCCC1. The van der Waals surface area contributed by atoms with Gasteiger partial charge in [0.05, 0.1) is 17.3 Å². The molecule has 5 heteroatoms. The van der Waals surface area contributed by atoms with Gasteiger partial charge in [0.2, 0.25) is 0 Å². The van der Waals surface area contributed by atoms with Crippen molar-refractivity contribution in [1.82, 2.24) is 9.80 Å². The number of likely N-dealkylation sites (tertiary alicyclic amines) is 1. The molecular weight excluding hydrogens is 366 g/mol. The Morgan fingerprint density at radius 1 is 0.964 bits per heavy atom. The minimum Gasteiger partial charge on any atom is -0.286 e. The maximum atomic E-state index is 13.0. The average Bonchev–Trinajstić information content (AvgIpc) is 3.34. The van der Waals surface area contributed by atoms with Gasteiger partial charge in [-0.05, 0) is 61.5 Å². The van der Waals surface area contributed by atoms with E-state index in [1.54, 1.807) is 0 Å². The zero-order chi connectivity index (χ0) is 19.2. The smallest absolute Gasteiger partial charge is 0.267 e. The van der Waals surface area contributed by atoms with Crippen molar-refractivity contribution < 1.29 is 4.79 Å². The first-order valence-electron chi connectivity index (χ1n) is 9.59. The number of para-hydroxylation sites is 1. The summed E-state index contributed by atoms with van der Waals surface area (Å²) in [4.78, 5) is 22.6. The van der Waals surface area contributed by atoms with Crippen molar-refractivity contribution in [1.29, 1.82) is 0 Å². The number of aliphatic imine (C=N–C) groups is 1. The van der Waals surface area contributed by atoms with Crippen LogP contribution in [0, 0.1) is 0 Å². The molecule has 4 nitrogen and oxygen atoms in total. The number of benzene rings is 2. The topological polar surface area (TPSA) is 35.9 Å². The lowest BCUT2D eigenvalue weighted by Gasteiger charge is -2.22. The van der Waals surface area contributed by atoms with Crippen molar-refractivity contribution in [3.63, 3.8) is 0 Å². The Balaban J connectivity index is 1.57. The van der Waals surface area contributed by atoms with Crippen LogP contribution in [0.25, 0.3) is 6.08 Å². The van der Waals surface area contributed by atoms with Gasteiger partial charge in [-0.25, -0.2) is 4.99 Å². The summed E-state index contributed by atoms with van der Waals surface area (Å²) in [5.74, 6) is 0.0318. The van der Waals surface area contributed by atoms with Crippen LogP contribution < -0.4 is 0 Å². The number of amidine groups is 1. The fourth-order valence-electron chi connectivity index (χ4n) is 3.28. The lowest BCUT2D eigenvalue weighted by molar-refractivity contribution is -0.123. The first-order valence-corrected chi connectivity index (χ1v) is 10.4. The molecule has 0 spiro atoms. The van der Waals surface area contributed by atoms with Crippen LogP contribution in [0.15, 0.2) is 82.7 Å². The molecule has 2 heterocycles. The second-order valence-electron chi connectivity index (χ2n) is 6.83. The van der Waals surface area contributed by atoms with Gasteiger partial charge in [-0.1, -0.05) is 60.7 Å². The van der Waals surface area contributed by atoms with E-state index < -0.39 is 0 Å². The highest BCUT2D eigenvalue weighted by Crippen LogP contribution is 2.33. The molecule has 2 fully saturated rings. The van der Waals surface area contributed by atoms with Crippen molar-refractivity contribution in [2.75, 3.05) is 19.8 Å². The lowest BCUT2D eigenvalue weighted by Crippen LogP contribution is -2.39. The van der Waals surface area contributed by atoms with Gasteiger partial charge in [0, 0.05) is 0 Å². The van der Waals surface area contributed by atoms with E-state index in [1.165, 1.54) is 24.6 Å². The van der Waals surface area contributed by atoms with Gasteiger partial charge in [0.25, 0.3) is 5.91 Å². The molecule has 0 bridgehead atoms. The van der Waals surface area contributed by atoms with Gasteiger partial charge in [-0.3, -0.25) is 14.6 Å². The highest BCUT2D eigenvalue weighted by atomic mass is 32.2. The van der Waals surface area contributed by atoms with Gasteiger partial charge >= 0.3 is 0 Å². The minimum absolute atomic E-state index is 0.0318. The van der Waals surface area contributed by atoms with Gasteiger partial charge in [0.1, 0.15) is 0 Å². The normalized spacial score (nSPS) is 20.9. The van der Waals surface area contributed by atoms with Crippen molar-refractivity contribution in [2.24, 2.45) is 4.99 Å². The highest BCUT2D eigenvalue weighted by molar-refractivity contribution is 8.18. The Kier molecular flexibility index (Phi) is 6.04. The van der Waals surface area contributed by atoms with Crippen LogP contribution in [-0.2, 0) is 4.79 Å². The number of allylic oxidation sites excluding steroid dienone is 2. The van der Waals surface area contributed by atoms with E-state index in [0.717, 1.165) is 29.5 Å². The molecular formula is C23H23N3OS. The Bertz CT molecular complexity index is 900. The van der Waals surface area contributed by atoms with E-state index in [1.807, 2.05) is 83.8 Å². The molecule has 0 unspecified atom stereocenters. The summed E-state index contributed by atoms with van der Waals surface area (Å²) >= 11 is 1.45. The molecule has 4 rings (SSSR count). The fourth-order valence-corrected chi connectivity index (χ4v) is 4.22. The molecule has 2 aliphatic heterocycles. The van der Waals surface area contributed by atoms with E-state index in [0.29, 0.717) is 11.6 Å². The van der Waals surface area contributed by atoms with Crippen LogP contribution in [-0.4, -0.2) is 40.6 Å². The third kappa shape index (κ3) is 4.61. The molecule has 0 aliphatic carbocycles. The zero-order valence-electron chi connectivity index (χ0n) is 15.7. The van der Waals surface area contributed by atoms with Gasteiger partial charge in [-0.2, -0.15) is 0 Å². The van der Waals surface area contributed by atoms with Crippen molar-refractivity contribution in [3.05, 3.63) is 83.3 Å². The number of rotatable bonds is 5. The number of nitrogens with zero attached hydrogens (tertiary/aromatic N) is 3. The number of hydrogen-bond donors (Lipinski definition) is 0. The summed E-state index contributed by atoms with van der Waals surface area (Å²) in [7, 11) is 0. The van der Waals surface area contributed by atoms with Crippen LogP contribution in [0.5, 0.6) is 0 Å². The second kappa shape index (κ2) is 9.04. The van der Waals surface area contributed by atoms with Crippen LogP contribution in [0.1, 0.15) is 18.4 Å². The van der Waals surface area contributed by atoms with Crippen molar-refractivity contribution >= 4 is 34.6 Å². The molecule has 2 aliphatic rings. The van der Waals surface area contributed by atoms with E-state index in [4.69, 9.17) is 4.99 Å². The summed E-state index contributed by atoms with van der Waals surface area (Å²) < 4.78 is 0. The van der Waals surface area contributed by atoms with Crippen molar-refractivity contribution in [3.8, 4) is 0 Å². The molecule has 1 amide bonds. The summed E-state index contributed by atoms with van der Waals surface area (Å²) in [6.45, 7) is 2.69. The third-order valence-electron chi connectivity index (χ3n) is 4.74. The molecule has 2 aromatic rings. The average molecular weight is 390 g/mol. The molecule has 2 aromatic carbocycles. The summed E-state index contributed by atoms with van der Waals surface area (Å²) in [5.41, 5.74) is 1.98. The van der Waals surface area contributed by atoms with E-state index in [9.17, 15) is 4.79 Å². The first-order chi connectivity index (χ1) is 13.8. The van der Waals surface area contributed by atoms with Gasteiger partial charge in [0.15, 0.2) is 5.17 Å². The molecule has 2 saturated heterocycles. The van der Waals surface area contributed by atoms with Crippen LogP contribution in [0.4, 0.5) is 5.69 Å². The van der Waals surface area contributed by atoms with Gasteiger partial charge < -0.3 is 0 Å². The van der Waals surface area contributed by atoms with E-state index >= 15 is 0 Å². The third-order valence-corrected chi connectivity index (χ3v) is 5.77. The van der Waals surface area contributed by atoms with E-state index in [-0.39, 0.29) is 5.91 Å². The van der Waals surface area contributed by atoms with Crippen LogP contribution >= 0.6 is 11.8 Å². The maximum absolute atomic E-state index is 13.0. The monoisotopic (exact) mass is 389 g/mol. The predicted molar refractivity (Wildman–Crippen MR) is 117 cm³/mol. The van der Waals surface area contributed by atoms with E-state index in [2.05, 4.69) is 4.90 Å².